The van der Waals surface area contributed by atoms with Crippen LogP contribution in [0, 0.1) is 17.5 Å². The lowest BCUT2D eigenvalue weighted by Crippen LogP contribution is -2.00. The second-order valence-corrected chi connectivity index (χ2v) is 5.41. The fourth-order valence-corrected chi connectivity index (χ4v) is 2.74. The molecule has 0 fully saturated rings. The molecule has 1 unspecified atom stereocenters. The van der Waals surface area contributed by atoms with Gasteiger partial charge < -0.3 is 5.73 Å². The third-order valence-electron chi connectivity index (χ3n) is 2.44. The quantitative estimate of drug-likeness (QED) is 0.881. The predicted octanol–water partition coefficient (Wildman–Crippen LogP) is 2.99. The van der Waals surface area contributed by atoms with E-state index in [-0.39, 0.29) is 16.3 Å². The molecule has 0 heterocycles. The number of hydrogen-bond donors (Lipinski definition) is 1. The zero-order valence-electron chi connectivity index (χ0n) is 9.70. The third kappa shape index (κ3) is 3.35. The number of hydrogen-bond acceptors (Lipinski definition) is 2. The number of halogens is 3. The van der Waals surface area contributed by atoms with Crippen LogP contribution in [0.2, 0.25) is 0 Å². The molecule has 0 bridgehead atoms. The zero-order chi connectivity index (χ0) is 14.0. The minimum Gasteiger partial charge on any atom is -0.399 e. The molecule has 0 aliphatic heterocycles. The monoisotopic (exact) mass is 285 g/mol. The fraction of sp³-hybridized carbons (Fsp3) is 0.0769. The van der Waals surface area contributed by atoms with Gasteiger partial charge in [-0.2, -0.15) is 0 Å². The summed E-state index contributed by atoms with van der Waals surface area (Å²) in [6.07, 6.45) is 0. The first-order chi connectivity index (χ1) is 8.95. The molecule has 0 aliphatic carbocycles. The van der Waals surface area contributed by atoms with E-state index in [9.17, 15) is 17.4 Å². The number of benzene rings is 2. The molecule has 2 aromatic rings. The Kier molecular flexibility index (Phi) is 3.90. The first-order valence-corrected chi connectivity index (χ1v) is 6.66. The average molecular weight is 285 g/mol. The second kappa shape index (κ2) is 5.44. The Morgan fingerprint density at radius 3 is 2.37 bits per heavy atom. The minimum atomic E-state index is -1.58. The first-order valence-electron chi connectivity index (χ1n) is 5.34. The van der Waals surface area contributed by atoms with Crippen LogP contribution in [0.25, 0.3) is 0 Å². The number of nitrogens with two attached hydrogens (primary N) is 1. The van der Waals surface area contributed by atoms with E-state index in [2.05, 4.69) is 0 Å². The van der Waals surface area contributed by atoms with Gasteiger partial charge in [-0.1, -0.05) is 6.07 Å². The standard InChI is InChI=1S/C13H10F3NOS/c14-9-4-10(17)6-11(5-9)19(18)7-8-1-2-12(15)13(16)3-8/h1-6H,7,17H2. The van der Waals surface area contributed by atoms with Gasteiger partial charge in [0.05, 0.1) is 16.6 Å². The van der Waals surface area contributed by atoms with Crippen LogP contribution in [0.1, 0.15) is 5.56 Å². The van der Waals surface area contributed by atoms with Gasteiger partial charge in [0.25, 0.3) is 0 Å². The molecule has 1 atom stereocenters. The smallest absolute Gasteiger partial charge is 0.159 e. The molecule has 2 aromatic carbocycles. The van der Waals surface area contributed by atoms with Crippen molar-refractivity contribution >= 4 is 16.5 Å². The van der Waals surface area contributed by atoms with Crippen LogP contribution in [0.3, 0.4) is 0 Å². The Balaban J connectivity index is 2.22. The summed E-state index contributed by atoms with van der Waals surface area (Å²) in [5.74, 6) is -2.61. The normalized spacial score (nSPS) is 12.4. The highest BCUT2D eigenvalue weighted by Crippen LogP contribution is 2.18. The Hall–Kier alpha value is -1.82. The molecule has 100 valence electrons. The maximum absolute atomic E-state index is 13.1. The van der Waals surface area contributed by atoms with Crippen molar-refractivity contribution in [1.29, 1.82) is 0 Å². The van der Waals surface area contributed by atoms with Crippen molar-refractivity contribution < 1.29 is 17.4 Å². The average Bonchev–Trinajstić information content (AvgIpc) is 2.32. The molecule has 0 saturated heterocycles. The Bertz CT molecular complexity index is 626. The molecular formula is C13H10F3NOS. The van der Waals surface area contributed by atoms with E-state index in [1.807, 2.05) is 0 Å². The van der Waals surface area contributed by atoms with E-state index in [1.165, 1.54) is 12.1 Å². The summed E-state index contributed by atoms with van der Waals surface area (Å²) in [6, 6.07) is 6.86. The highest BCUT2D eigenvalue weighted by Gasteiger charge is 2.10. The number of nitrogen functional groups attached to an aromatic ring is 1. The fourth-order valence-electron chi connectivity index (χ4n) is 1.58. The van der Waals surface area contributed by atoms with Crippen molar-refractivity contribution in [2.45, 2.75) is 10.6 Å². The second-order valence-electron chi connectivity index (χ2n) is 3.96. The summed E-state index contributed by atoms with van der Waals surface area (Å²) in [5, 5.41) is 0. The lowest BCUT2D eigenvalue weighted by molar-refractivity contribution is 0.507. The molecule has 0 radical (unpaired) electrons. The van der Waals surface area contributed by atoms with Crippen molar-refractivity contribution in [3.05, 3.63) is 59.4 Å². The summed E-state index contributed by atoms with van der Waals surface area (Å²) < 4.78 is 50.9. The largest absolute Gasteiger partial charge is 0.399 e. The lowest BCUT2D eigenvalue weighted by atomic mass is 10.2. The van der Waals surface area contributed by atoms with Gasteiger partial charge >= 0.3 is 0 Å². The van der Waals surface area contributed by atoms with Crippen LogP contribution in [-0.2, 0) is 16.6 Å². The molecular weight excluding hydrogens is 275 g/mol. The highest BCUT2D eigenvalue weighted by molar-refractivity contribution is 7.84. The van der Waals surface area contributed by atoms with Crippen molar-refractivity contribution in [1.82, 2.24) is 0 Å². The molecule has 0 amide bonds. The topological polar surface area (TPSA) is 43.1 Å². The van der Waals surface area contributed by atoms with E-state index < -0.39 is 28.3 Å². The maximum Gasteiger partial charge on any atom is 0.159 e. The highest BCUT2D eigenvalue weighted by atomic mass is 32.2. The van der Waals surface area contributed by atoms with Gasteiger partial charge in [0.2, 0.25) is 0 Å². The molecule has 19 heavy (non-hydrogen) atoms. The summed E-state index contributed by atoms with van der Waals surface area (Å²) in [7, 11) is -1.58. The van der Waals surface area contributed by atoms with Crippen LogP contribution >= 0.6 is 0 Å². The van der Waals surface area contributed by atoms with E-state index >= 15 is 0 Å². The maximum atomic E-state index is 13.1. The summed E-state index contributed by atoms with van der Waals surface area (Å²) in [5.41, 5.74) is 5.97. The summed E-state index contributed by atoms with van der Waals surface area (Å²) in [4.78, 5) is 0.210. The molecule has 2 N–H and O–H groups in total. The third-order valence-corrected chi connectivity index (χ3v) is 3.80. The van der Waals surface area contributed by atoms with Crippen LogP contribution < -0.4 is 5.73 Å². The first kappa shape index (κ1) is 13.6. The number of anilines is 1. The van der Waals surface area contributed by atoms with Gasteiger partial charge in [-0.25, -0.2) is 13.2 Å². The van der Waals surface area contributed by atoms with Crippen LogP contribution in [0.5, 0.6) is 0 Å². The molecule has 0 aliphatic rings. The Morgan fingerprint density at radius 1 is 1.00 bits per heavy atom. The molecule has 0 saturated carbocycles. The van der Waals surface area contributed by atoms with Crippen molar-refractivity contribution in [2.75, 3.05) is 5.73 Å². The molecule has 0 spiro atoms. The SMILES string of the molecule is Nc1cc(F)cc(S(=O)Cc2ccc(F)c(F)c2)c1. The van der Waals surface area contributed by atoms with Crippen LogP contribution in [-0.4, -0.2) is 4.21 Å². The lowest BCUT2D eigenvalue weighted by Gasteiger charge is -2.05. The van der Waals surface area contributed by atoms with Gasteiger partial charge in [0.1, 0.15) is 5.82 Å². The van der Waals surface area contributed by atoms with E-state index in [4.69, 9.17) is 5.73 Å². The van der Waals surface area contributed by atoms with Gasteiger partial charge in [-0.05, 0) is 35.9 Å². The van der Waals surface area contributed by atoms with Gasteiger partial charge in [0.15, 0.2) is 11.6 Å². The predicted molar refractivity (Wildman–Crippen MR) is 67.3 cm³/mol. The zero-order valence-corrected chi connectivity index (χ0v) is 10.5. The summed E-state index contributed by atoms with van der Waals surface area (Å²) >= 11 is 0. The van der Waals surface area contributed by atoms with Crippen molar-refractivity contribution in [3.8, 4) is 0 Å². The molecule has 6 heteroatoms. The Morgan fingerprint density at radius 2 is 1.74 bits per heavy atom. The summed E-state index contributed by atoms with van der Waals surface area (Å²) in [6.45, 7) is 0. The van der Waals surface area contributed by atoms with Crippen molar-refractivity contribution in [2.24, 2.45) is 0 Å². The molecule has 0 aromatic heterocycles. The van der Waals surface area contributed by atoms with Gasteiger partial charge in [-0.3, -0.25) is 4.21 Å². The molecule has 2 nitrogen and oxygen atoms in total. The molecule has 2 rings (SSSR count). The number of rotatable bonds is 3. The Labute approximate surface area is 110 Å². The van der Waals surface area contributed by atoms with Crippen LogP contribution in [0.15, 0.2) is 41.3 Å². The van der Waals surface area contributed by atoms with E-state index in [1.54, 1.807) is 0 Å². The minimum absolute atomic E-state index is 0.0416. The van der Waals surface area contributed by atoms with E-state index in [0.29, 0.717) is 5.56 Å². The van der Waals surface area contributed by atoms with Crippen molar-refractivity contribution in [3.63, 3.8) is 0 Å². The van der Waals surface area contributed by atoms with Gasteiger partial charge in [0, 0.05) is 10.6 Å². The van der Waals surface area contributed by atoms with Gasteiger partial charge in [-0.15, -0.1) is 0 Å². The van der Waals surface area contributed by atoms with E-state index in [0.717, 1.165) is 24.3 Å². The van der Waals surface area contributed by atoms with Crippen LogP contribution in [0.4, 0.5) is 18.9 Å².